The third-order valence-corrected chi connectivity index (χ3v) is 3.61. The van der Waals surface area contributed by atoms with Gasteiger partial charge in [0, 0.05) is 23.4 Å². The van der Waals surface area contributed by atoms with Crippen molar-refractivity contribution in [1.82, 2.24) is 4.98 Å². The first-order valence-electron chi connectivity index (χ1n) is 7.30. The highest BCUT2D eigenvalue weighted by Crippen LogP contribution is 2.40. The molecule has 0 radical (unpaired) electrons. The van der Waals surface area contributed by atoms with E-state index >= 15 is 0 Å². The predicted molar refractivity (Wildman–Crippen MR) is 90.9 cm³/mol. The van der Waals surface area contributed by atoms with Crippen LogP contribution in [0.5, 0.6) is 17.2 Å². The molecule has 0 saturated carbocycles. The van der Waals surface area contributed by atoms with Crippen LogP contribution < -0.4 is 25.3 Å². The molecule has 0 aliphatic carbocycles. The van der Waals surface area contributed by atoms with Gasteiger partial charge in [0.15, 0.2) is 17.1 Å². The van der Waals surface area contributed by atoms with Crippen LogP contribution in [0.3, 0.4) is 0 Å². The smallest absolute Gasteiger partial charge is 0.417 e. The molecular weight excluding hydrogens is 328 g/mol. The highest BCUT2D eigenvalue weighted by atomic mass is 16.5. The fourth-order valence-corrected chi connectivity index (χ4v) is 2.44. The summed E-state index contributed by atoms with van der Waals surface area (Å²) in [6, 6.07) is 7.91. The fourth-order valence-electron chi connectivity index (χ4n) is 2.44. The SMILES string of the molecule is COc1cc(NC(=O)c2ccc3[nH]c(=O)oc3c2)cc(OC)c1OC. The number of hydrogen-bond acceptors (Lipinski definition) is 6. The Balaban J connectivity index is 1.92. The number of hydrogen-bond donors (Lipinski definition) is 2. The van der Waals surface area contributed by atoms with E-state index in [9.17, 15) is 9.59 Å². The number of aromatic amines is 1. The van der Waals surface area contributed by atoms with E-state index in [0.717, 1.165) is 0 Å². The van der Waals surface area contributed by atoms with Crippen molar-refractivity contribution in [1.29, 1.82) is 0 Å². The highest BCUT2D eigenvalue weighted by Gasteiger charge is 2.15. The number of oxazole rings is 1. The van der Waals surface area contributed by atoms with Crippen LogP contribution in [0.15, 0.2) is 39.5 Å². The normalized spacial score (nSPS) is 10.5. The van der Waals surface area contributed by atoms with Crippen molar-refractivity contribution >= 4 is 22.7 Å². The average molecular weight is 344 g/mol. The van der Waals surface area contributed by atoms with Crippen LogP contribution in [0.25, 0.3) is 11.1 Å². The molecule has 8 nitrogen and oxygen atoms in total. The van der Waals surface area contributed by atoms with E-state index < -0.39 is 5.76 Å². The molecule has 3 aromatic rings. The molecule has 0 fully saturated rings. The minimum Gasteiger partial charge on any atom is -0.493 e. The molecule has 2 aromatic carbocycles. The average Bonchev–Trinajstić information content (AvgIpc) is 2.99. The van der Waals surface area contributed by atoms with Crippen LogP contribution in [0.4, 0.5) is 5.69 Å². The molecule has 2 N–H and O–H groups in total. The Kier molecular flexibility index (Phi) is 4.34. The number of nitrogens with one attached hydrogen (secondary N) is 2. The monoisotopic (exact) mass is 344 g/mol. The van der Waals surface area contributed by atoms with Crippen molar-refractivity contribution in [2.75, 3.05) is 26.6 Å². The van der Waals surface area contributed by atoms with Gasteiger partial charge in [-0.15, -0.1) is 0 Å². The van der Waals surface area contributed by atoms with Gasteiger partial charge in [-0.3, -0.25) is 9.78 Å². The quantitative estimate of drug-likeness (QED) is 0.737. The number of amides is 1. The van der Waals surface area contributed by atoms with Crippen molar-refractivity contribution in [3.05, 3.63) is 46.4 Å². The van der Waals surface area contributed by atoms with Gasteiger partial charge in [-0.1, -0.05) is 0 Å². The van der Waals surface area contributed by atoms with Gasteiger partial charge in [0.1, 0.15) is 0 Å². The molecule has 1 aromatic heterocycles. The second kappa shape index (κ2) is 6.60. The molecule has 1 amide bonds. The van der Waals surface area contributed by atoms with E-state index in [2.05, 4.69) is 10.3 Å². The first kappa shape index (κ1) is 16.4. The van der Waals surface area contributed by atoms with Crippen molar-refractivity contribution in [3.63, 3.8) is 0 Å². The molecule has 25 heavy (non-hydrogen) atoms. The first-order valence-corrected chi connectivity index (χ1v) is 7.30. The molecular formula is C17H16N2O6. The zero-order valence-corrected chi connectivity index (χ0v) is 13.8. The van der Waals surface area contributed by atoms with E-state index in [-0.39, 0.29) is 5.91 Å². The lowest BCUT2D eigenvalue weighted by atomic mass is 10.2. The van der Waals surface area contributed by atoms with Crippen LogP contribution >= 0.6 is 0 Å². The third kappa shape index (κ3) is 3.14. The Bertz CT molecular complexity index is 963. The van der Waals surface area contributed by atoms with Gasteiger partial charge < -0.3 is 23.9 Å². The third-order valence-electron chi connectivity index (χ3n) is 3.61. The van der Waals surface area contributed by atoms with Crippen LogP contribution in [0, 0.1) is 0 Å². The number of fused-ring (bicyclic) bond motifs is 1. The summed E-state index contributed by atoms with van der Waals surface area (Å²) in [4.78, 5) is 26.2. The van der Waals surface area contributed by atoms with Crippen molar-refractivity contribution in [2.24, 2.45) is 0 Å². The van der Waals surface area contributed by atoms with E-state index in [1.54, 1.807) is 24.3 Å². The Hall–Kier alpha value is -3.42. The van der Waals surface area contributed by atoms with Gasteiger partial charge in [-0.2, -0.15) is 0 Å². The summed E-state index contributed by atoms with van der Waals surface area (Å²) in [6.07, 6.45) is 0. The van der Waals surface area contributed by atoms with Crippen LogP contribution in [-0.4, -0.2) is 32.2 Å². The van der Waals surface area contributed by atoms with Gasteiger partial charge in [0.2, 0.25) is 5.75 Å². The number of anilines is 1. The van der Waals surface area contributed by atoms with Gasteiger partial charge >= 0.3 is 5.76 Å². The van der Waals surface area contributed by atoms with Crippen LogP contribution in [0.2, 0.25) is 0 Å². The molecule has 0 unspecified atom stereocenters. The van der Waals surface area contributed by atoms with Crippen molar-refractivity contribution < 1.29 is 23.4 Å². The maximum Gasteiger partial charge on any atom is 0.417 e. The second-order valence-corrected chi connectivity index (χ2v) is 5.09. The zero-order valence-electron chi connectivity index (χ0n) is 13.8. The van der Waals surface area contributed by atoms with Gasteiger partial charge in [-0.05, 0) is 18.2 Å². The molecule has 0 spiro atoms. The summed E-state index contributed by atoms with van der Waals surface area (Å²) < 4.78 is 20.7. The van der Waals surface area contributed by atoms with E-state index in [4.69, 9.17) is 18.6 Å². The predicted octanol–water partition coefficient (Wildman–Crippen LogP) is 2.40. The Labute approximate surface area is 142 Å². The molecule has 0 bridgehead atoms. The molecule has 8 heteroatoms. The molecule has 0 aliphatic heterocycles. The lowest BCUT2D eigenvalue weighted by Crippen LogP contribution is -2.12. The topological polar surface area (TPSA) is 103 Å². The zero-order chi connectivity index (χ0) is 18.0. The fraction of sp³-hybridized carbons (Fsp3) is 0.176. The molecule has 0 aliphatic rings. The summed E-state index contributed by atoms with van der Waals surface area (Å²) >= 11 is 0. The number of H-pyrrole nitrogens is 1. The number of rotatable bonds is 5. The van der Waals surface area contributed by atoms with Crippen LogP contribution in [-0.2, 0) is 0 Å². The lowest BCUT2D eigenvalue weighted by Gasteiger charge is -2.14. The first-order chi connectivity index (χ1) is 12.0. The van der Waals surface area contributed by atoms with E-state index in [1.807, 2.05) is 0 Å². The minimum absolute atomic E-state index is 0.308. The number of carbonyl (C=O) groups excluding carboxylic acids is 1. The summed E-state index contributed by atoms with van der Waals surface area (Å²) in [7, 11) is 4.48. The number of aromatic nitrogens is 1. The standard InChI is InChI=1S/C17H16N2O6/c1-22-13-7-10(8-14(23-2)15(13)24-3)18-16(20)9-4-5-11-12(6-9)25-17(21)19-11/h4-8H,1-3H3,(H,18,20)(H,19,21). The van der Waals surface area contributed by atoms with Gasteiger partial charge in [0.05, 0.1) is 26.8 Å². The molecule has 0 saturated heterocycles. The summed E-state index contributed by atoms with van der Waals surface area (Å²) in [5, 5.41) is 2.75. The number of methoxy groups -OCH3 is 3. The van der Waals surface area contributed by atoms with Crippen molar-refractivity contribution in [3.8, 4) is 17.2 Å². The van der Waals surface area contributed by atoms with Crippen LogP contribution in [0.1, 0.15) is 10.4 Å². The van der Waals surface area contributed by atoms with E-state index in [0.29, 0.717) is 39.6 Å². The lowest BCUT2D eigenvalue weighted by molar-refractivity contribution is 0.102. The number of benzene rings is 2. The minimum atomic E-state index is -0.572. The van der Waals surface area contributed by atoms with Gasteiger partial charge in [-0.25, -0.2) is 4.79 Å². The molecule has 1 heterocycles. The second-order valence-electron chi connectivity index (χ2n) is 5.09. The molecule has 3 rings (SSSR count). The summed E-state index contributed by atoms with van der Waals surface area (Å²) in [5.74, 6) is 0.323. The Morgan fingerprint density at radius 2 is 1.72 bits per heavy atom. The maximum absolute atomic E-state index is 12.5. The number of ether oxygens (including phenoxy) is 3. The Morgan fingerprint density at radius 3 is 2.32 bits per heavy atom. The van der Waals surface area contributed by atoms with Gasteiger partial charge in [0.25, 0.3) is 5.91 Å². The number of carbonyl (C=O) groups is 1. The molecule has 130 valence electrons. The summed E-state index contributed by atoms with van der Waals surface area (Å²) in [6.45, 7) is 0. The highest BCUT2D eigenvalue weighted by molar-refractivity contribution is 6.06. The largest absolute Gasteiger partial charge is 0.493 e. The molecule has 0 atom stereocenters. The Morgan fingerprint density at radius 1 is 1.04 bits per heavy atom. The summed E-state index contributed by atoms with van der Waals surface area (Å²) in [5.41, 5.74) is 1.64. The van der Waals surface area contributed by atoms with E-state index in [1.165, 1.54) is 27.4 Å². The maximum atomic E-state index is 12.5. The van der Waals surface area contributed by atoms with Crippen molar-refractivity contribution in [2.45, 2.75) is 0 Å².